The van der Waals surface area contributed by atoms with Crippen LogP contribution in [0.15, 0.2) is 36.5 Å². The Morgan fingerprint density at radius 1 is 1.38 bits per heavy atom. The van der Waals surface area contributed by atoms with Crippen LogP contribution in [0.5, 0.6) is 5.75 Å². The van der Waals surface area contributed by atoms with Gasteiger partial charge in [-0.1, -0.05) is 12.1 Å². The van der Waals surface area contributed by atoms with Gasteiger partial charge in [0.1, 0.15) is 11.4 Å². The number of nitrogens with zero attached hydrogens (tertiary/aromatic N) is 5. The Bertz CT molecular complexity index is 901. The first-order valence-electron chi connectivity index (χ1n) is 6.66. The molecule has 2 heterocycles. The van der Waals surface area contributed by atoms with Gasteiger partial charge in [0, 0.05) is 5.56 Å². The van der Waals surface area contributed by atoms with E-state index in [0.29, 0.717) is 17.0 Å². The molecule has 0 bridgehead atoms. The van der Waals surface area contributed by atoms with Crippen LogP contribution >= 0.6 is 0 Å². The summed E-state index contributed by atoms with van der Waals surface area (Å²) in [5.74, 6) is -0.501. The molecule has 11 nitrogen and oxygen atoms in total. The number of aromatic nitrogens is 5. The number of benzene rings is 1. The number of nitro groups is 1. The number of primary amides is 1. The zero-order valence-corrected chi connectivity index (χ0v) is 12.1. The van der Waals surface area contributed by atoms with Crippen molar-refractivity contribution in [2.45, 2.75) is 6.73 Å². The van der Waals surface area contributed by atoms with Crippen molar-refractivity contribution in [3.05, 3.63) is 52.3 Å². The largest absolute Gasteiger partial charge is 0.469 e. The molecule has 11 heteroatoms. The number of hydrogen-bond donors (Lipinski definition) is 2. The van der Waals surface area contributed by atoms with E-state index in [1.54, 1.807) is 24.3 Å². The van der Waals surface area contributed by atoms with E-state index in [1.807, 2.05) is 0 Å². The fourth-order valence-corrected chi connectivity index (χ4v) is 2.00. The molecule has 3 rings (SSSR count). The average molecular weight is 329 g/mol. The zero-order chi connectivity index (χ0) is 17.1. The Balaban J connectivity index is 1.76. The van der Waals surface area contributed by atoms with E-state index < -0.39 is 10.8 Å². The summed E-state index contributed by atoms with van der Waals surface area (Å²) < 4.78 is 6.81. The number of ether oxygens (including phenoxy) is 1. The number of nitrogens with one attached hydrogen (secondary N) is 1. The Morgan fingerprint density at radius 3 is 2.92 bits per heavy atom. The van der Waals surface area contributed by atoms with Crippen LogP contribution < -0.4 is 10.5 Å². The first-order valence-corrected chi connectivity index (χ1v) is 6.66. The van der Waals surface area contributed by atoms with Crippen molar-refractivity contribution in [1.29, 1.82) is 0 Å². The summed E-state index contributed by atoms with van der Waals surface area (Å²) in [6.45, 7) is -0.0151. The lowest BCUT2D eigenvalue weighted by Gasteiger charge is -2.05. The lowest BCUT2D eigenvalue weighted by molar-refractivity contribution is -0.389. The number of H-pyrrole nitrogens is 1. The first kappa shape index (κ1) is 15.1. The van der Waals surface area contributed by atoms with Gasteiger partial charge in [0.25, 0.3) is 5.91 Å². The number of amides is 1. The van der Waals surface area contributed by atoms with Gasteiger partial charge in [0.2, 0.25) is 6.73 Å². The number of carbonyl (C=O) groups excluding carboxylic acids is 1. The highest BCUT2D eigenvalue weighted by atomic mass is 16.6. The molecule has 3 aromatic rings. The van der Waals surface area contributed by atoms with Crippen LogP contribution in [0.1, 0.15) is 10.5 Å². The number of hydrogen-bond acceptors (Lipinski definition) is 7. The molecule has 0 atom stereocenters. The topological polar surface area (TPSA) is 155 Å². The Kier molecular flexibility index (Phi) is 3.89. The second-order valence-corrected chi connectivity index (χ2v) is 4.66. The highest BCUT2D eigenvalue weighted by molar-refractivity contribution is 5.96. The standard InChI is InChI=1S/C13H11N7O4/c14-13(21)12-11(15-18-16-12)8-2-1-3-9(6-8)24-7-19-5-4-10(17-19)20(22)23/h1-6H,7H2,(H2,14,21)(H,15,16,18). The monoisotopic (exact) mass is 329 g/mol. The smallest absolute Gasteiger partial charge is 0.390 e. The highest BCUT2D eigenvalue weighted by Gasteiger charge is 2.16. The summed E-state index contributed by atoms with van der Waals surface area (Å²) in [7, 11) is 0. The highest BCUT2D eigenvalue weighted by Crippen LogP contribution is 2.24. The van der Waals surface area contributed by atoms with Crippen LogP contribution in [0.3, 0.4) is 0 Å². The molecule has 1 aromatic carbocycles. The molecule has 122 valence electrons. The van der Waals surface area contributed by atoms with Gasteiger partial charge in [-0.2, -0.15) is 15.4 Å². The maximum Gasteiger partial charge on any atom is 0.390 e. The summed E-state index contributed by atoms with van der Waals surface area (Å²) in [5, 5.41) is 24.3. The van der Waals surface area contributed by atoms with E-state index in [4.69, 9.17) is 10.5 Å². The molecule has 0 aliphatic heterocycles. The predicted molar refractivity (Wildman–Crippen MR) is 79.8 cm³/mol. The Hall–Kier alpha value is -3.76. The molecular formula is C13H11N7O4. The molecule has 24 heavy (non-hydrogen) atoms. The van der Waals surface area contributed by atoms with Crippen LogP contribution in [0.4, 0.5) is 5.82 Å². The van der Waals surface area contributed by atoms with Crippen LogP contribution in [0.25, 0.3) is 11.3 Å². The molecule has 0 fully saturated rings. The fraction of sp³-hybridized carbons (Fsp3) is 0.0769. The third-order valence-corrected chi connectivity index (χ3v) is 3.07. The molecule has 0 unspecified atom stereocenters. The number of carbonyl (C=O) groups is 1. The van der Waals surface area contributed by atoms with Gasteiger partial charge in [-0.25, -0.2) is 0 Å². The van der Waals surface area contributed by atoms with Crippen LogP contribution in [-0.2, 0) is 6.73 Å². The van der Waals surface area contributed by atoms with Gasteiger partial charge in [-0.05, 0) is 17.1 Å². The van der Waals surface area contributed by atoms with Crippen molar-refractivity contribution >= 4 is 11.7 Å². The quantitative estimate of drug-likeness (QED) is 0.498. The van der Waals surface area contributed by atoms with Gasteiger partial charge >= 0.3 is 5.82 Å². The minimum Gasteiger partial charge on any atom is -0.469 e. The molecular weight excluding hydrogens is 318 g/mol. The van der Waals surface area contributed by atoms with E-state index in [0.717, 1.165) is 0 Å². The fourth-order valence-electron chi connectivity index (χ4n) is 2.00. The average Bonchev–Trinajstić information content (AvgIpc) is 3.22. The molecule has 0 saturated heterocycles. The van der Waals surface area contributed by atoms with Gasteiger partial charge in [0.15, 0.2) is 5.69 Å². The molecule has 3 N–H and O–H groups in total. The minimum atomic E-state index is -0.700. The van der Waals surface area contributed by atoms with Crippen LogP contribution in [0, 0.1) is 10.1 Å². The van der Waals surface area contributed by atoms with E-state index in [-0.39, 0.29) is 18.2 Å². The molecule has 0 aliphatic rings. The third kappa shape index (κ3) is 3.04. The minimum absolute atomic E-state index is 0.0151. The van der Waals surface area contributed by atoms with Crippen molar-refractivity contribution in [3.8, 4) is 17.0 Å². The second-order valence-electron chi connectivity index (χ2n) is 4.66. The van der Waals surface area contributed by atoms with Crippen molar-refractivity contribution in [2.24, 2.45) is 5.73 Å². The molecule has 1 amide bonds. The van der Waals surface area contributed by atoms with Crippen LogP contribution in [0.2, 0.25) is 0 Å². The summed E-state index contributed by atoms with van der Waals surface area (Å²) in [6, 6.07) is 8.02. The molecule has 0 radical (unpaired) electrons. The third-order valence-electron chi connectivity index (χ3n) is 3.07. The lowest BCUT2D eigenvalue weighted by atomic mass is 10.1. The molecule has 2 aromatic heterocycles. The van der Waals surface area contributed by atoms with Crippen molar-refractivity contribution in [3.63, 3.8) is 0 Å². The van der Waals surface area contributed by atoms with Crippen molar-refractivity contribution in [1.82, 2.24) is 25.2 Å². The number of aromatic amines is 1. The summed E-state index contributed by atoms with van der Waals surface area (Å²) in [6.07, 6.45) is 1.44. The Morgan fingerprint density at radius 2 is 2.21 bits per heavy atom. The van der Waals surface area contributed by atoms with E-state index >= 15 is 0 Å². The van der Waals surface area contributed by atoms with E-state index in [1.165, 1.54) is 16.9 Å². The van der Waals surface area contributed by atoms with Crippen molar-refractivity contribution in [2.75, 3.05) is 0 Å². The zero-order valence-electron chi connectivity index (χ0n) is 12.1. The normalized spacial score (nSPS) is 10.5. The summed E-state index contributed by atoms with van der Waals surface area (Å²) in [4.78, 5) is 21.3. The van der Waals surface area contributed by atoms with Gasteiger partial charge in [-0.3, -0.25) is 4.79 Å². The molecule has 0 spiro atoms. The van der Waals surface area contributed by atoms with E-state index in [2.05, 4.69) is 20.5 Å². The van der Waals surface area contributed by atoms with Gasteiger partial charge in [0.05, 0.1) is 17.4 Å². The summed E-state index contributed by atoms with van der Waals surface area (Å²) >= 11 is 0. The van der Waals surface area contributed by atoms with Crippen molar-refractivity contribution < 1.29 is 14.5 Å². The number of rotatable bonds is 6. The Labute approximate surface area is 134 Å². The summed E-state index contributed by atoms with van der Waals surface area (Å²) in [5.41, 5.74) is 6.15. The first-order chi connectivity index (χ1) is 11.5. The lowest BCUT2D eigenvalue weighted by Crippen LogP contribution is -2.12. The molecule has 0 aliphatic carbocycles. The SMILES string of the molecule is NC(=O)c1n[nH]nc1-c1cccc(OCn2ccc([N+](=O)[O-])n2)c1. The molecule has 0 saturated carbocycles. The van der Waals surface area contributed by atoms with Gasteiger partial charge in [-0.15, -0.1) is 4.68 Å². The maximum absolute atomic E-state index is 11.3. The van der Waals surface area contributed by atoms with Gasteiger partial charge < -0.3 is 20.6 Å². The van der Waals surface area contributed by atoms with Crippen LogP contribution in [-0.4, -0.2) is 36.0 Å². The second kappa shape index (κ2) is 6.16. The maximum atomic E-state index is 11.3. The predicted octanol–water partition coefficient (Wildman–Crippen LogP) is 0.712. The van der Waals surface area contributed by atoms with E-state index in [9.17, 15) is 14.9 Å². The number of nitrogens with two attached hydrogens (primary N) is 1.